The standard InChI is InChI=1S/C22H22F3N3O5/c23-22(24,25)15-1-4-19(26-12-15)28-7-5-14(6-8-28)21(30)33-13-20(29)27-16-2-3-17-18(11-16)32-10-9-31-17/h1-4,11-12,14H,5-10,13H2,(H,27,29). The average molecular weight is 465 g/mol. The lowest BCUT2D eigenvalue weighted by Gasteiger charge is -2.31. The lowest BCUT2D eigenvalue weighted by atomic mass is 9.97. The number of fused-ring (bicyclic) bond motifs is 1. The lowest BCUT2D eigenvalue weighted by Crippen LogP contribution is -2.38. The van der Waals surface area contributed by atoms with Crippen LogP contribution >= 0.6 is 0 Å². The summed E-state index contributed by atoms with van der Waals surface area (Å²) in [5, 5.41) is 2.65. The van der Waals surface area contributed by atoms with Crippen LogP contribution in [0.1, 0.15) is 18.4 Å². The topological polar surface area (TPSA) is 90.0 Å². The first kappa shape index (κ1) is 22.7. The number of nitrogens with zero attached hydrogens (tertiary/aromatic N) is 2. The fourth-order valence-electron chi connectivity index (χ4n) is 3.66. The van der Waals surface area contributed by atoms with E-state index in [2.05, 4.69) is 10.3 Å². The summed E-state index contributed by atoms with van der Waals surface area (Å²) in [4.78, 5) is 30.2. The highest BCUT2D eigenvalue weighted by atomic mass is 19.4. The number of piperidine rings is 1. The molecule has 0 unspecified atom stereocenters. The predicted molar refractivity (Wildman–Crippen MR) is 111 cm³/mol. The monoisotopic (exact) mass is 465 g/mol. The van der Waals surface area contributed by atoms with Gasteiger partial charge in [0.2, 0.25) is 0 Å². The molecule has 2 aliphatic rings. The summed E-state index contributed by atoms with van der Waals surface area (Å²) in [6.07, 6.45) is -2.73. The van der Waals surface area contributed by atoms with E-state index in [4.69, 9.17) is 14.2 Å². The number of benzene rings is 1. The fraction of sp³-hybridized carbons (Fsp3) is 0.409. The summed E-state index contributed by atoms with van der Waals surface area (Å²) < 4.78 is 54.1. The second-order valence-corrected chi connectivity index (χ2v) is 7.68. The van der Waals surface area contributed by atoms with Crippen molar-refractivity contribution in [1.82, 2.24) is 4.98 Å². The van der Waals surface area contributed by atoms with Gasteiger partial charge in [0.25, 0.3) is 5.91 Å². The number of pyridine rings is 1. The van der Waals surface area contributed by atoms with E-state index < -0.39 is 36.1 Å². The van der Waals surface area contributed by atoms with Gasteiger partial charge in [-0.1, -0.05) is 0 Å². The Bertz CT molecular complexity index is 1010. The number of hydrogen-bond donors (Lipinski definition) is 1. The first-order valence-corrected chi connectivity index (χ1v) is 10.4. The molecule has 0 saturated carbocycles. The number of carbonyl (C=O) groups excluding carboxylic acids is 2. The smallest absolute Gasteiger partial charge is 0.417 e. The van der Waals surface area contributed by atoms with Crippen LogP contribution in [0.4, 0.5) is 24.7 Å². The summed E-state index contributed by atoms with van der Waals surface area (Å²) in [6.45, 7) is 1.36. The van der Waals surface area contributed by atoms with E-state index in [1.54, 1.807) is 18.2 Å². The van der Waals surface area contributed by atoms with Crippen LogP contribution in [0.2, 0.25) is 0 Å². The van der Waals surface area contributed by atoms with Gasteiger partial charge in [-0.05, 0) is 37.1 Å². The summed E-state index contributed by atoms with van der Waals surface area (Å²) in [7, 11) is 0. The number of halogens is 3. The maximum atomic E-state index is 12.7. The molecule has 33 heavy (non-hydrogen) atoms. The van der Waals surface area contributed by atoms with Crippen molar-refractivity contribution in [3.63, 3.8) is 0 Å². The minimum atomic E-state index is -4.43. The van der Waals surface area contributed by atoms with E-state index in [-0.39, 0.29) is 0 Å². The predicted octanol–water partition coefficient (Wildman–Crippen LogP) is 3.27. The molecule has 1 fully saturated rings. The Labute approximate surface area is 187 Å². The molecule has 11 heteroatoms. The van der Waals surface area contributed by atoms with Gasteiger partial charge in [0.1, 0.15) is 19.0 Å². The Morgan fingerprint density at radius 1 is 1.09 bits per heavy atom. The van der Waals surface area contributed by atoms with Crippen LogP contribution in [0.3, 0.4) is 0 Å². The number of rotatable bonds is 5. The number of hydrogen-bond acceptors (Lipinski definition) is 7. The second kappa shape index (κ2) is 9.55. The molecule has 8 nitrogen and oxygen atoms in total. The SMILES string of the molecule is O=C(COC(=O)C1CCN(c2ccc(C(F)(F)F)cn2)CC1)Nc1ccc2c(c1)OCCO2. The molecule has 1 amide bonds. The number of amides is 1. The normalized spacial score (nSPS) is 16.3. The van der Waals surface area contributed by atoms with Gasteiger partial charge in [-0.2, -0.15) is 13.2 Å². The molecule has 2 aromatic rings. The first-order valence-electron chi connectivity index (χ1n) is 10.4. The summed E-state index contributed by atoms with van der Waals surface area (Å²) >= 11 is 0. The number of carbonyl (C=O) groups is 2. The van der Waals surface area contributed by atoms with Crippen molar-refractivity contribution >= 4 is 23.4 Å². The Morgan fingerprint density at radius 3 is 2.48 bits per heavy atom. The van der Waals surface area contributed by atoms with Crippen molar-refractivity contribution in [2.75, 3.05) is 43.1 Å². The molecule has 0 spiro atoms. The molecule has 0 aliphatic carbocycles. The van der Waals surface area contributed by atoms with E-state index >= 15 is 0 Å². The van der Waals surface area contributed by atoms with Crippen LogP contribution in [0.25, 0.3) is 0 Å². The number of anilines is 2. The molecule has 176 valence electrons. The van der Waals surface area contributed by atoms with Gasteiger partial charge in [-0.25, -0.2) is 4.98 Å². The van der Waals surface area contributed by atoms with Crippen molar-refractivity contribution < 1.29 is 37.0 Å². The minimum Gasteiger partial charge on any atom is -0.486 e. The highest BCUT2D eigenvalue weighted by Crippen LogP contribution is 2.33. The highest BCUT2D eigenvalue weighted by Gasteiger charge is 2.32. The number of alkyl halides is 3. The van der Waals surface area contributed by atoms with Crippen LogP contribution in [0, 0.1) is 5.92 Å². The average Bonchev–Trinajstić information content (AvgIpc) is 2.82. The third-order valence-electron chi connectivity index (χ3n) is 5.40. The van der Waals surface area contributed by atoms with E-state index in [1.165, 1.54) is 6.07 Å². The Balaban J connectivity index is 1.22. The molecule has 2 aliphatic heterocycles. The fourth-order valence-corrected chi connectivity index (χ4v) is 3.66. The molecule has 0 bridgehead atoms. The number of nitrogens with one attached hydrogen (secondary N) is 1. The summed E-state index contributed by atoms with van der Waals surface area (Å²) in [5.74, 6) is 0.207. The van der Waals surface area contributed by atoms with E-state index in [0.717, 1.165) is 12.3 Å². The van der Waals surface area contributed by atoms with Gasteiger partial charge in [0.15, 0.2) is 18.1 Å². The van der Waals surface area contributed by atoms with Gasteiger partial charge < -0.3 is 24.4 Å². The van der Waals surface area contributed by atoms with Crippen LogP contribution < -0.4 is 19.7 Å². The summed E-state index contributed by atoms with van der Waals surface area (Å²) in [5.41, 5.74) is -0.308. The Morgan fingerprint density at radius 2 is 1.82 bits per heavy atom. The van der Waals surface area contributed by atoms with Crippen LogP contribution in [0.5, 0.6) is 11.5 Å². The third-order valence-corrected chi connectivity index (χ3v) is 5.40. The Hall–Kier alpha value is -3.50. The number of aromatic nitrogens is 1. The molecular formula is C22H22F3N3O5. The number of ether oxygens (including phenoxy) is 3. The van der Waals surface area contributed by atoms with Crippen molar-refractivity contribution in [2.45, 2.75) is 19.0 Å². The third kappa shape index (κ3) is 5.65. The molecule has 0 atom stereocenters. The van der Waals surface area contributed by atoms with Crippen LogP contribution in [-0.4, -0.2) is 49.8 Å². The van der Waals surface area contributed by atoms with Gasteiger partial charge in [-0.15, -0.1) is 0 Å². The van der Waals surface area contributed by atoms with E-state index in [0.29, 0.717) is 62.1 Å². The zero-order valence-electron chi connectivity index (χ0n) is 17.6. The van der Waals surface area contributed by atoms with Gasteiger partial charge >= 0.3 is 12.1 Å². The van der Waals surface area contributed by atoms with Crippen molar-refractivity contribution in [2.24, 2.45) is 5.92 Å². The Kier molecular flexibility index (Phi) is 6.57. The van der Waals surface area contributed by atoms with Gasteiger partial charge in [0, 0.05) is 31.0 Å². The van der Waals surface area contributed by atoms with Crippen LogP contribution in [0.15, 0.2) is 36.5 Å². The van der Waals surface area contributed by atoms with Crippen LogP contribution in [-0.2, 0) is 20.5 Å². The maximum Gasteiger partial charge on any atom is 0.417 e. The molecular weight excluding hydrogens is 443 g/mol. The maximum absolute atomic E-state index is 12.7. The van der Waals surface area contributed by atoms with Crippen molar-refractivity contribution in [3.8, 4) is 11.5 Å². The van der Waals surface area contributed by atoms with Gasteiger partial charge in [-0.3, -0.25) is 9.59 Å². The molecule has 1 aromatic carbocycles. The minimum absolute atomic E-state index is 0.391. The molecule has 1 aromatic heterocycles. The molecule has 3 heterocycles. The van der Waals surface area contributed by atoms with E-state index in [9.17, 15) is 22.8 Å². The highest BCUT2D eigenvalue weighted by molar-refractivity contribution is 5.93. The van der Waals surface area contributed by atoms with E-state index in [1.807, 2.05) is 4.90 Å². The molecule has 0 radical (unpaired) electrons. The van der Waals surface area contributed by atoms with Crippen molar-refractivity contribution in [1.29, 1.82) is 0 Å². The molecule has 1 saturated heterocycles. The number of esters is 1. The first-order chi connectivity index (χ1) is 15.8. The second-order valence-electron chi connectivity index (χ2n) is 7.68. The zero-order chi connectivity index (χ0) is 23.4. The van der Waals surface area contributed by atoms with Gasteiger partial charge in [0.05, 0.1) is 11.5 Å². The zero-order valence-corrected chi connectivity index (χ0v) is 17.6. The lowest BCUT2D eigenvalue weighted by molar-refractivity contribution is -0.152. The summed E-state index contributed by atoms with van der Waals surface area (Å²) in [6, 6.07) is 7.31. The molecule has 1 N–H and O–H groups in total. The quantitative estimate of drug-likeness (QED) is 0.678. The van der Waals surface area contributed by atoms with Crippen molar-refractivity contribution in [3.05, 3.63) is 42.1 Å². The largest absolute Gasteiger partial charge is 0.486 e. The molecule has 4 rings (SSSR count).